The second-order valence-electron chi connectivity index (χ2n) is 18.3. The summed E-state index contributed by atoms with van der Waals surface area (Å²) in [5.41, 5.74) is 19.8. The van der Waals surface area contributed by atoms with Crippen LogP contribution in [0.4, 0.5) is 39.8 Å². The Balaban J connectivity index is 1.02. The van der Waals surface area contributed by atoms with Gasteiger partial charge in [0.15, 0.2) is 11.4 Å². The lowest BCUT2D eigenvalue weighted by molar-refractivity contribution is 0.721. The maximum atomic E-state index is 2.46. The van der Waals surface area contributed by atoms with E-state index in [0.717, 1.165) is 45.1 Å². The predicted molar refractivity (Wildman–Crippen MR) is 294 cm³/mol. The molecule has 1 aliphatic heterocycles. The van der Waals surface area contributed by atoms with Gasteiger partial charge in [-0.15, -0.1) is 0 Å². The lowest BCUT2D eigenvalue weighted by Crippen LogP contribution is -2.31. The third-order valence-electron chi connectivity index (χ3n) is 14.5. The van der Waals surface area contributed by atoms with Crippen LogP contribution in [0.25, 0.3) is 77.2 Å². The molecule has 0 bridgehead atoms. The fourth-order valence-corrected chi connectivity index (χ4v) is 11.5. The highest BCUT2D eigenvalue weighted by atomic mass is 15.4. The molecule has 11 aromatic carbocycles. The minimum atomic E-state index is 0.464. The Hall–Kier alpha value is -9.22. The molecule has 0 amide bonds. The summed E-state index contributed by atoms with van der Waals surface area (Å²) in [4.78, 5) is 2.46. The Morgan fingerprint density at radius 3 is 1.37 bits per heavy atom. The van der Waals surface area contributed by atoms with Gasteiger partial charge in [0.2, 0.25) is 0 Å². The van der Waals surface area contributed by atoms with Crippen LogP contribution in [0.3, 0.4) is 0 Å². The van der Waals surface area contributed by atoms with Gasteiger partial charge in [0.05, 0.1) is 38.9 Å². The highest BCUT2D eigenvalue weighted by molar-refractivity contribution is 6.12. The van der Waals surface area contributed by atoms with Crippen molar-refractivity contribution in [3.63, 3.8) is 0 Å². The Morgan fingerprint density at radius 2 is 0.729 bits per heavy atom. The van der Waals surface area contributed by atoms with E-state index >= 15 is 0 Å². The van der Waals surface area contributed by atoms with E-state index in [1.165, 1.54) is 72.0 Å². The lowest BCUT2D eigenvalue weighted by atomic mass is 10.0. The van der Waals surface area contributed by atoms with Gasteiger partial charge in [-0.1, -0.05) is 152 Å². The van der Waals surface area contributed by atoms with E-state index in [-0.39, 0.29) is 0 Å². The molecule has 0 aliphatic carbocycles. The third-order valence-corrected chi connectivity index (χ3v) is 14.5. The van der Waals surface area contributed by atoms with Crippen molar-refractivity contribution in [2.45, 2.75) is 0 Å². The van der Waals surface area contributed by atoms with Gasteiger partial charge in [0.25, 0.3) is 0 Å². The van der Waals surface area contributed by atoms with Crippen LogP contribution in [0, 0.1) is 0 Å². The van der Waals surface area contributed by atoms with Crippen molar-refractivity contribution in [1.82, 2.24) is 13.6 Å². The lowest BCUT2D eigenvalue weighted by Gasteiger charge is -2.35. The second-order valence-corrected chi connectivity index (χ2v) is 18.3. The van der Waals surface area contributed by atoms with Crippen LogP contribution >= 0.6 is 0 Å². The second kappa shape index (κ2) is 16.0. The molecule has 0 saturated heterocycles. The first-order valence-electron chi connectivity index (χ1n) is 24.1. The molecule has 0 saturated carbocycles. The van der Waals surface area contributed by atoms with Crippen molar-refractivity contribution in [3.05, 3.63) is 273 Å². The minimum absolute atomic E-state index is 0.464. The van der Waals surface area contributed by atoms with Gasteiger partial charge in [0.1, 0.15) is 11.4 Å². The van der Waals surface area contributed by atoms with Crippen molar-refractivity contribution in [1.29, 1.82) is 0 Å². The van der Waals surface area contributed by atoms with Crippen molar-refractivity contribution >= 4 is 83.4 Å². The van der Waals surface area contributed by atoms with E-state index in [9.17, 15) is 0 Å². The Bertz CT molecular complexity index is 4080. The monoisotopic (exact) mass is 893 g/mol. The molecule has 328 valence electrons. The number of aromatic nitrogens is 2. The molecule has 0 N–H and O–H groups in total. The molecule has 0 fully saturated rings. The topological polar surface area (TPSA) is 13.1 Å². The summed E-state index contributed by atoms with van der Waals surface area (Å²) in [5.74, 6) is 0. The van der Waals surface area contributed by atoms with Gasteiger partial charge in [0, 0.05) is 80.7 Å². The summed E-state index contributed by atoms with van der Waals surface area (Å²) >= 11 is 0. The van der Waals surface area contributed by atoms with Crippen LogP contribution in [0.15, 0.2) is 273 Å². The molecule has 4 nitrogen and oxygen atoms in total. The molecule has 2 aromatic heterocycles. The standard InChI is InChI=1S/C66H45N4/c1-5-21-48(22-6-1)68-61-33-16-13-30-55(61)57-39-36-47(43-63(57)68)46-20-19-25-50(42-46)67(51-37-40-58-56-31-14-17-34-62(56)69(64(58)44-51)49-23-7-2-8-24-49)52-38-41-60-59-32-15-18-35-65(59)70(66(60)45-52,53-26-9-3-10-27-53)54-28-11-4-12-29-54/h1-45H/q+1. The predicted octanol–water partition coefficient (Wildman–Crippen LogP) is 18.3. The number of anilines is 3. The van der Waals surface area contributed by atoms with E-state index in [1.807, 2.05) is 0 Å². The quantitative estimate of drug-likeness (QED) is 0.139. The van der Waals surface area contributed by atoms with E-state index in [2.05, 4.69) is 287 Å². The maximum absolute atomic E-state index is 2.46. The van der Waals surface area contributed by atoms with Crippen molar-refractivity contribution in [2.24, 2.45) is 0 Å². The highest BCUT2D eigenvalue weighted by Crippen LogP contribution is 2.63. The summed E-state index contributed by atoms with van der Waals surface area (Å²) in [7, 11) is 0. The molecular formula is C66H45N4+. The van der Waals surface area contributed by atoms with E-state index in [1.54, 1.807) is 0 Å². The SMILES string of the molecule is c1ccc(-n2c3ccccc3c3ccc(-c4cccc(N(c5ccc6c(c5)[N+](c5ccccc5)(c5ccccc5)c5ccccc5-6)c5ccc6c7ccccc7n(-c7ccccc7)c6c5)c4)cc32)cc1. The summed E-state index contributed by atoms with van der Waals surface area (Å²) in [6.45, 7) is 0. The highest BCUT2D eigenvalue weighted by Gasteiger charge is 2.48. The van der Waals surface area contributed by atoms with Crippen LogP contribution in [0.1, 0.15) is 0 Å². The summed E-state index contributed by atoms with van der Waals surface area (Å²) in [5, 5.41) is 4.93. The molecular weight excluding hydrogens is 849 g/mol. The van der Waals surface area contributed by atoms with E-state index in [4.69, 9.17) is 0 Å². The number of quaternary nitrogens is 1. The summed E-state index contributed by atoms with van der Waals surface area (Å²) in [6.07, 6.45) is 0. The smallest absolute Gasteiger partial charge is 0.158 e. The van der Waals surface area contributed by atoms with Gasteiger partial charge in [-0.2, -0.15) is 4.48 Å². The van der Waals surface area contributed by atoms with Crippen LogP contribution < -0.4 is 9.38 Å². The van der Waals surface area contributed by atoms with Crippen LogP contribution in [-0.4, -0.2) is 9.13 Å². The van der Waals surface area contributed by atoms with Crippen molar-refractivity contribution < 1.29 is 0 Å². The molecule has 3 heterocycles. The zero-order valence-electron chi connectivity index (χ0n) is 38.3. The first-order chi connectivity index (χ1) is 34.7. The number of hydrogen-bond donors (Lipinski definition) is 0. The number of benzene rings is 11. The van der Waals surface area contributed by atoms with Gasteiger partial charge in [-0.3, -0.25) is 0 Å². The average Bonchev–Trinajstić information content (AvgIpc) is 4.06. The number of rotatable bonds is 8. The zero-order valence-corrected chi connectivity index (χ0v) is 38.3. The number of para-hydroxylation sites is 7. The average molecular weight is 894 g/mol. The van der Waals surface area contributed by atoms with Gasteiger partial charge in [-0.05, 0) is 96.1 Å². The molecule has 0 unspecified atom stereocenters. The third kappa shape index (κ3) is 6.00. The van der Waals surface area contributed by atoms with Crippen LogP contribution in [0.2, 0.25) is 0 Å². The molecule has 1 aliphatic rings. The first-order valence-corrected chi connectivity index (χ1v) is 24.1. The molecule has 70 heavy (non-hydrogen) atoms. The Kier molecular flexibility index (Phi) is 9.09. The first kappa shape index (κ1) is 39.9. The van der Waals surface area contributed by atoms with Crippen molar-refractivity contribution in [2.75, 3.05) is 4.90 Å². The van der Waals surface area contributed by atoms with Gasteiger partial charge >= 0.3 is 0 Å². The van der Waals surface area contributed by atoms with Gasteiger partial charge in [-0.25, -0.2) is 0 Å². The fraction of sp³-hybridized carbons (Fsp3) is 0. The molecule has 0 spiro atoms. The van der Waals surface area contributed by atoms with Gasteiger partial charge < -0.3 is 14.0 Å². The van der Waals surface area contributed by atoms with Crippen LogP contribution in [-0.2, 0) is 0 Å². The Morgan fingerprint density at radius 1 is 0.271 bits per heavy atom. The minimum Gasteiger partial charge on any atom is -0.310 e. The zero-order chi connectivity index (χ0) is 46.2. The number of nitrogens with zero attached hydrogens (tertiary/aromatic N) is 4. The molecule has 13 aromatic rings. The normalized spacial score (nSPS) is 12.7. The molecule has 0 atom stereocenters. The van der Waals surface area contributed by atoms with E-state index in [0.29, 0.717) is 4.48 Å². The summed E-state index contributed by atoms with van der Waals surface area (Å²) in [6, 6.07) is 100. The van der Waals surface area contributed by atoms with Crippen LogP contribution in [0.5, 0.6) is 0 Å². The molecule has 0 radical (unpaired) electrons. The maximum Gasteiger partial charge on any atom is 0.158 e. The number of fused-ring (bicyclic) bond motifs is 9. The summed E-state index contributed by atoms with van der Waals surface area (Å²) < 4.78 is 5.28. The Labute approximate surface area is 406 Å². The number of hydrogen-bond acceptors (Lipinski definition) is 1. The van der Waals surface area contributed by atoms with E-state index < -0.39 is 0 Å². The molecule has 14 rings (SSSR count). The van der Waals surface area contributed by atoms with Crippen molar-refractivity contribution in [3.8, 4) is 33.6 Å². The fourth-order valence-electron chi connectivity index (χ4n) is 11.5. The molecule has 4 heteroatoms. The largest absolute Gasteiger partial charge is 0.310 e.